The van der Waals surface area contributed by atoms with Crippen molar-refractivity contribution in [1.29, 1.82) is 0 Å². The zero-order valence-corrected chi connectivity index (χ0v) is 46.0. The van der Waals surface area contributed by atoms with E-state index in [4.69, 9.17) is 24.1 Å². The predicted octanol–water partition coefficient (Wildman–Crippen LogP) is 1.73. The third-order valence-electron chi connectivity index (χ3n) is 12.5. The minimum absolute atomic E-state index is 0.0403. The third kappa shape index (κ3) is 41.3. The van der Waals surface area contributed by atoms with Crippen LogP contribution in [0.3, 0.4) is 0 Å². The normalized spacial score (nSPS) is 12.9. The van der Waals surface area contributed by atoms with Crippen molar-refractivity contribution in [2.45, 2.75) is 185 Å². The summed E-state index contributed by atoms with van der Waals surface area (Å²) in [6.07, 6.45) is 14.5. The molecule has 26 nitrogen and oxygen atoms in total. The van der Waals surface area contributed by atoms with E-state index in [-0.39, 0.29) is 110 Å². The quantitative estimate of drug-likeness (QED) is 0.0305. The first kappa shape index (κ1) is 72.2. The highest BCUT2D eigenvalue weighted by molar-refractivity contribution is 5.87. The number of carbonyl (C=O) groups excluding carboxylic acids is 7. The van der Waals surface area contributed by atoms with E-state index >= 15 is 0 Å². The zero-order chi connectivity index (χ0) is 58.2. The Morgan fingerprint density at radius 2 is 0.795 bits per heavy atom. The van der Waals surface area contributed by atoms with E-state index in [1.165, 1.54) is 0 Å². The van der Waals surface area contributed by atoms with Crippen molar-refractivity contribution >= 4 is 65.6 Å². The molecule has 0 aliphatic heterocycles. The first-order valence-corrected chi connectivity index (χ1v) is 27.4. The number of carboxylic acid groups (broad SMARTS) is 4. The molecule has 11 N–H and O–H groups in total. The Hall–Kier alpha value is -5.83. The fourth-order valence-corrected chi connectivity index (χ4v) is 7.69. The van der Waals surface area contributed by atoms with E-state index in [1.807, 2.05) is 6.92 Å². The second-order valence-electron chi connectivity index (χ2n) is 18.8. The van der Waals surface area contributed by atoms with Gasteiger partial charge in [0.05, 0.1) is 45.2 Å². The zero-order valence-electron chi connectivity index (χ0n) is 46.0. The summed E-state index contributed by atoms with van der Waals surface area (Å²) in [5.41, 5.74) is -0.617. The standard InChI is InChI=1S/C52H91N7O19/c1-3-52(38-60,53-2)26-16-17-27-54-42(61)23-20-40(50(71)72)58-45(64)25-22-41(51(73)74)59-47(66)37-78-35-33-76-31-29-56-46(65)36-77-34-32-75-30-28-55-43(62)24-21-39(49(69)70)57-44(63)18-14-12-10-8-6-4-5-7-9-11-13-15-19-48(67)68/h38-41,53H,3-37H2,1-2H3,(H,54,61)(H,55,62)(H,56,65)(H,57,63)(H,58,64)(H,59,66)(H,67,68)(H,69,70)(H,71,72)(H,73,74)/t39-,40-,41-,52-/m0/s1. The molecule has 4 atom stereocenters. The molecule has 6 amide bonds. The van der Waals surface area contributed by atoms with Crippen molar-refractivity contribution in [3.05, 3.63) is 0 Å². The van der Waals surface area contributed by atoms with E-state index < -0.39 is 90.1 Å². The van der Waals surface area contributed by atoms with E-state index in [2.05, 4.69) is 37.2 Å². The van der Waals surface area contributed by atoms with Gasteiger partial charge in [0.15, 0.2) is 0 Å². The van der Waals surface area contributed by atoms with Crippen molar-refractivity contribution in [1.82, 2.24) is 37.2 Å². The number of nitrogens with one attached hydrogen (secondary N) is 7. The van der Waals surface area contributed by atoms with Gasteiger partial charge in [-0.25, -0.2) is 14.4 Å². The summed E-state index contributed by atoms with van der Waals surface area (Å²) in [5, 5.41) is 55.2. The molecule has 0 aliphatic rings. The summed E-state index contributed by atoms with van der Waals surface area (Å²) in [5.74, 6) is -7.94. The molecule has 0 aliphatic carbocycles. The number of unbranched alkanes of at least 4 members (excludes halogenated alkanes) is 12. The van der Waals surface area contributed by atoms with Gasteiger partial charge in [-0.2, -0.15) is 0 Å². The van der Waals surface area contributed by atoms with E-state index in [0.717, 1.165) is 76.9 Å². The predicted molar refractivity (Wildman–Crippen MR) is 283 cm³/mol. The van der Waals surface area contributed by atoms with Gasteiger partial charge in [-0.3, -0.25) is 33.6 Å². The van der Waals surface area contributed by atoms with Crippen LogP contribution in [0.4, 0.5) is 0 Å². The van der Waals surface area contributed by atoms with Crippen LogP contribution >= 0.6 is 0 Å². The summed E-state index contributed by atoms with van der Waals surface area (Å²) in [6.45, 7) is 2.21. The Kier molecular flexibility index (Phi) is 43.7. The van der Waals surface area contributed by atoms with Gasteiger partial charge >= 0.3 is 23.9 Å². The van der Waals surface area contributed by atoms with Crippen LogP contribution in [0.25, 0.3) is 0 Å². The molecule has 0 saturated heterocycles. The monoisotopic (exact) mass is 1120 g/mol. The van der Waals surface area contributed by atoms with E-state index in [1.54, 1.807) is 7.05 Å². The smallest absolute Gasteiger partial charge is 0.326 e. The van der Waals surface area contributed by atoms with E-state index in [9.17, 15) is 68.1 Å². The number of carboxylic acids is 4. The number of rotatable bonds is 54. The molecule has 78 heavy (non-hydrogen) atoms. The van der Waals surface area contributed by atoms with Gasteiger partial charge in [0.25, 0.3) is 0 Å². The van der Waals surface area contributed by atoms with Crippen LogP contribution in [0.5, 0.6) is 0 Å². The molecular weight excluding hydrogens is 1030 g/mol. The Morgan fingerprint density at radius 1 is 0.423 bits per heavy atom. The molecule has 0 aromatic heterocycles. The van der Waals surface area contributed by atoms with Crippen LogP contribution in [0.1, 0.15) is 161 Å². The minimum atomic E-state index is -1.48. The number of hydrogen-bond donors (Lipinski definition) is 11. The average Bonchev–Trinajstić information content (AvgIpc) is 3.39. The van der Waals surface area contributed by atoms with Gasteiger partial charge < -0.3 is 81.4 Å². The molecule has 0 saturated carbocycles. The molecular formula is C52H91N7O19. The molecule has 0 spiro atoms. The fraction of sp³-hybridized carbons (Fsp3) is 0.788. The Morgan fingerprint density at radius 3 is 1.22 bits per heavy atom. The number of aliphatic carboxylic acids is 4. The topological polar surface area (TPSA) is 390 Å². The van der Waals surface area contributed by atoms with Gasteiger partial charge in [-0.1, -0.05) is 71.1 Å². The Balaban J connectivity index is 4.01. The lowest BCUT2D eigenvalue weighted by Gasteiger charge is -2.25. The van der Waals surface area contributed by atoms with Crippen LogP contribution in [0, 0.1) is 0 Å². The molecule has 0 bridgehead atoms. The Labute approximate surface area is 458 Å². The number of aldehydes is 1. The summed E-state index contributed by atoms with van der Waals surface area (Å²) in [4.78, 5) is 131. The van der Waals surface area contributed by atoms with Crippen molar-refractivity contribution in [2.75, 3.05) is 79.5 Å². The fourth-order valence-electron chi connectivity index (χ4n) is 7.69. The maximum atomic E-state index is 12.5. The highest BCUT2D eigenvalue weighted by Gasteiger charge is 2.26. The number of ether oxygens (including phenoxy) is 4. The van der Waals surface area contributed by atoms with Crippen molar-refractivity contribution in [3.8, 4) is 0 Å². The molecule has 0 radical (unpaired) electrons. The summed E-state index contributed by atoms with van der Waals surface area (Å²) >= 11 is 0. The highest BCUT2D eigenvalue weighted by atomic mass is 16.5. The maximum absolute atomic E-state index is 12.5. The number of hydrogen-bond acceptors (Lipinski definition) is 16. The SMILES string of the molecule is CC[C@@](C=O)(CCCCNC(=O)CC[C@H](NC(=O)CC[C@H](NC(=O)COCCOCCNC(=O)COCCOCCNC(=O)CC[C@H](NC(=O)CCCCCCCCCCCCCCC(=O)O)C(=O)O)C(=O)O)C(=O)O)NC. The molecule has 448 valence electrons. The van der Waals surface area contributed by atoms with Crippen LogP contribution in [0.15, 0.2) is 0 Å². The van der Waals surface area contributed by atoms with Crippen molar-refractivity contribution in [3.63, 3.8) is 0 Å². The second-order valence-corrected chi connectivity index (χ2v) is 18.8. The highest BCUT2D eigenvalue weighted by Crippen LogP contribution is 2.16. The molecule has 0 fully saturated rings. The molecule has 0 rings (SSSR count). The van der Waals surface area contributed by atoms with Crippen molar-refractivity contribution in [2.24, 2.45) is 0 Å². The van der Waals surface area contributed by atoms with Crippen LogP contribution in [-0.2, 0) is 71.7 Å². The maximum Gasteiger partial charge on any atom is 0.326 e. The first-order chi connectivity index (χ1) is 37.4. The van der Waals surface area contributed by atoms with Crippen LogP contribution < -0.4 is 37.2 Å². The number of likely N-dealkylation sites (N-methyl/N-ethyl adjacent to an activating group) is 1. The van der Waals surface area contributed by atoms with Gasteiger partial charge in [0.1, 0.15) is 37.6 Å². The number of amides is 6. The van der Waals surface area contributed by atoms with Crippen LogP contribution in [0.2, 0.25) is 0 Å². The first-order valence-electron chi connectivity index (χ1n) is 27.4. The molecule has 0 unspecified atom stereocenters. The largest absolute Gasteiger partial charge is 0.481 e. The van der Waals surface area contributed by atoms with Crippen molar-refractivity contribution < 1.29 is 92.1 Å². The molecule has 26 heteroatoms. The van der Waals surface area contributed by atoms with Gasteiger partial charge in [-0.05, 0) is 64.8 Å². The lowest BCUT2D eigenvalue weighted by molar-refractivity contribution is -0.144. The van der Waals surface area contributed by atoms with Gasteiger partial charge in [0, 0.05) is 51.7 Å². The third-order valence-corrected chi connectivity index (χ3v) is 12.5. The van der Waals surface area contributed by atoms with Gasteiger partial charge in [0.2, 0.25) is 35.4 Å². The average molecular weight is 1120 g/mol. The second kappa shape index (κ2) is 47.2. The summed E-state index contributed by atoms with van der Waals surface area (Å²) < 4.78 is 21.2. The minimum Gasteiger partial charge on any atom is -0.481 e. The molecule has 0 aromatic rings. The molecule has 0 heterocycles. The Bertz CT molecular complexity index is 1770. The summed E-state index contributed by atoms with van der Waals surface area (Å²) in [7, 11) is 1.71. The number of carbonyl (C=O) groups is 11. The lowest BCUT2D eigenvalue weighted by atomic mass is 9.91. The van der Waals surface area contributed by atoms with Gasteiger partial charge in [-0.15, -0.1) is 0 Å². The van der Waals surface area contributed by atoms with E-state index in [0.29, 0.717) is 38.6 Å². The lowest BCUT2D eigenvalue weighted by Crippen LogP contribution is -2.45. The van der Waals surface area contributed by atoms with Crippen LogP contribution in [-0.4, -0.2) is 189 Å². The summed E-state index contributed by atoms with van der Waals surface area (Å²) in [6, 6.07) is -4.07. The molecule has 0 aromatic carbocycles.